The zero-order valence-corrected chi connectivity index (χ0v) is 14.2. The number of rotatable bonds is 7. The molecular formula is C17H19N5OS. The number of hydrogen-bond donors (Lipinski definition) is 2. The van der Waals surface area contributed by atoms with Crippen molar-refractivity contribution in [3.63, 3.8) is 0 Å². The molecule has 6 nitrogen and oxygen atoms in total. The number of aromatic amines is 1. The minimum absolute atomic E-state index is 0.00667. The van der Waals surface area contributed by atoms with Crippen LogP contribution < -0.4 is 5.84 Å². The molecule has 0 saturated carbocycles. The van der Waals surface area contributed by atoms with E-state index in [-0.39, 0.29) is 17.5 Å². The summed E-state index contributed by atoms with van der Waals surface area (Å²) in [6, 6.07) is 13.8. The lowest BCUT2D eigenvalue weighted by Crippen LogP contribution is -2.16. The van der Waals surface area contributed by atoms with Gasteiger partial charge in [0.15, 0.2) is 11.6 Å². The molecule has 124 valence electrons. The normalized spacial score (nSPS) is 12.2. The molecule has 3 N–H and O–H groups in total. The van der Waals surface area contributed by atoms with E-state index in [1.165, 1.54) is 22.0 Å². The Kier molecular flexibility index (Phi) is 5.00. The van der Waals surface area contributed by atoms with E-state index in [0.717, 1.165) is 0 Å². The molecule has 3 aromatic rings. The molecule has 0 aliphatic rings. The molecule has 0 aliphatic heterocycles. The highest BCUT2D eigenvalue weighted by molar-refractivity contribution is 7.99. The van der Waals surface area contributed by atoms with Crippen LogP contribution in [0.1, 0.15) is 34.7 Å². The van der Waals surface area contributed by atoms with Gasteiger partial charge in [0, 0.05) is 12.6 Å². The summed E-state index contributed by atoms with van der Waals surface area (Å²) in [5.41, 5.74) is 1.82. The van der Waals surface area contributed by atoms with Gasteiger partial charge in [-0.1, -0.05) is 49.0 Å². The van der Waals surface area contributed by atoms with Crippen LogP contribution in [0.2, 0.25) is 0 Å². The van der Waals surface area contributed by atoms with Gasteiger partial charge in [0.05, 0.1) is 11.4 Å². The molecule has 7 heteroatoms. The third-order valence-corrected chi connectivity index (χ3v) is 4.77. The van der Waals surface area contributed by atoms with Crippen LogP contribution in [0.25, 0.3) is 0 Å². The summed E-state index contributed by atoms with van der Waals surface area (Å²) in [7, 11) is 0. The minimum Gasteiger partial charge on any atom is -0.359 e. The molecule has 0 bridgehead atoms. The van der Waals surface area contributed by atoms with E-state index >= 15 is 0 Å². The molecule has 2 heterocycles. The molecule has 3 rings (SSSR count). The number of benzene rings is 1. The van der Waals surface area contributed by atoms with Gasteiger partial charge >= 0.3 is 0 Å². The summed E-state index contributed by atoms with van der Waals surface area (Å²) < 4.78 is 1.48. The first-order valence-electron chi connectivity index (χ1n) is 7.69. The Hall–Kier alpha value is -2.54. The second-order valence-corrected chi connectivity index (χ2v) is 6.52. The van der Waals surface area contributed by atoms with Gasteiger partial charge in [0.25, 0.3) is 0 Å². The lowest BCUT2D eigenvalue weighted by atomic mass is 9.98. The van der Waals surface area contributed by atoms with Crippen molar-refractivity contribution in [1.29, 1.82) is 0 Å². The maximum absolute atomic E-state index is 12.0. The van der Waals surface area contributed by atoms with E-state index in [1.807, 2.05) is 18.2 Å². The number of carbonyl (C=O) groups is 1. The SMILES string of the molecule is C[C@H](Cc1nnc(SCC(=O)c2ccc[nH]2)n1N)c1ccccc1. The van der Waals surface area contributed by atoms with Crippen LogP contribution in [-0.4, -0.2) is 31.4 Å². The molecule has 0 unspecified atom stereocenters. The first kappa shape index (κ1) is 16.3. The van der Waals surface area contributed by atoms with E-state index < -0.39 is 0 Å². The fraction of sp³-hybridized carbons (Fsp3) is 0.235. The van der Waals surface area contributed by atoms with Crippen LogP contribution >= 0.6 is 11.8 Å². The largest absolute Gasteiger partial charge is 0.359 e. The highest BCUT2D eigenvalue weighted by Gasteiger charge is 2.16. The fourth-order valence-electron chi connectivity index (χ4n) is 2.43. The number of thioether (sulfide) groups is 1. The second kappa shape index (κ2) is 7.35. The monoisotopic (exact) mass is 341 g/mol. The molecule has 1 atom stereocenters. The molecular weight excluding hydrogens is 322 g/mol. The third kappa shape index (κ3) is 3.68. The Labute approximate surface area is 144 Å². The van der Waals surface area contributed by atoms with Gasteiger partial charge in [-0.15, -0.1) is 10.2 Å². The average Bonchev–Trinajstić information content (AvgIpc) is 3.25. The number of nitrogens with one attached hydrogen (secondary N) is 1. The molecule has 0 saturated heterocycles. The fourth-order valence-corrected chi connectivity index (χ4v) is 3.19. The van der Waals surface area contributed by atoms with Crippen molar-refractivity contribution < 1.29 is 4.79 Å². The zero-order chi connectivity index (χ0) is 16.9. The van der Waals surface area contributed by atoms with Crippen molar-refractivity contribution in [2.24, 2.45) is 0 Å². The average molecular weight is 341 g/mol. The van der Waals surface area contributed by atoms with Crippen molar-refractivity contribution in [1.82, 2.24) is 19.9 Å². The smallest absolute Gasteiger partial charge is 0.210 e. The summed E-state index contributed by atoms with van der Waals surface area (Å²) in [6.07, 6.45) is 2.42. The van der Waals surface area contributed by atoms with Crippen LogP contribution in [0, 0.1) is 0 Å². The number of nitrogens with zero attached hydrogens (tertiary/aromatic N) is 3. The first-order valence-corrected chi connectivity index (χ1v) is 8.67. The summed E-state index contributed by atoms with van der Waals surface area (Å²) in [5.74, 6) is 7.36. The van der Waals surface area contributed by atoms with Gasteiger partial charge in [0.1, 0.15) is 0 Å². The topological polar surface area (TPSA) is 89.6 Å². The molecule has 0 aliphatic carbocycles. The summed E-state index contributed by atoms with van der Waals surface area (Å²) in [6.45, 7) is 2.13. The maximum Gasteiger partial charge on any atom is 0.210 e. The number of Topliss-reactive ketones (excluding diaryl/α,β-unsaturated/α-hetero) is 1. The highest BCUT2D eigenvalue weighted by atomic mass is 32.2. The standard InChI is InChI=1S/C17H19N5OS/c1-12(13-6-3-2-4-7-13)10-16-20-21-17(22(16)18)24-11-15(23)14-8-5-9-19-14/h2-9,12,19H,10-11,18H2,1H3/t12-/m1/s1. The predicted molar refractivity (Wildman–Crippen MR) is 94.6 cm³/mol. The number of nitrogen functional groups attached to an aromatic ring is 1. The van der Waals surface area contributed by atoms with E-state index in [4.69, 9.17) is 5.84 Å². The third-order valence-electron chi connectivity index (χ3n) is 3.82. The van der Waals surface area contributed by atoms with Gasteiger partial charge in [-0.3, -0.25) is 4.79 Å². The van der Waals surface area contributed by atoms with Crippen LogP contribution in [0.4, 0.5) is 0 Å². The van der Waals surface area contributed by atoms with E-state index in [1.54, 1.807) is 18.3 Å². The quantitative estimate of drug-likeness (QED) is 0.392. The summed E-state index contributed by atoms with van der Waals surface area (Å²) >= 11 is 1.29. The Bertz CT molecular complexity index is 798. The summed E-state index contributed by atoms with van der Waals surface area (Å²) in [5, 5.41) is 8.82. The van der Waals surface area contributed by atoms with Gasteiger partial charge < -0.3 is 10.8 Å². The van der Waals surface area contributed by atoms with Crippen molar-refractivity contribution in [2.75, 3.05) is 11.6 Å². The van der Waals surface area contributed by atoms with E-state index in [0.29, 0.717) is 23.1 Å². The zero-order valence-electron chi connectivity index (χ0n) is 13.3. The number of H-pyrrole nitrogens is 1. The summed E-state index contributed by atoms with van der Waals surface area (Å²) in [4.78, 5) is 14.9. The van der Waals surface area contributed by atoms with Gasteiger partial charge in [-0.2, -0.15) is 0 Å². The number of aromatic nitrogens is 4. The molecule has 1 aromatic carbocycles. The molecule has 0 spiro atoms. The highest BCUT2D eigenvalue weighted by Crippen LogP contribution is 2.21. The molecule has 0 fully saturated rings. The molecule has 0 amide bonds. The van der Waals surface area contributed by atoms with Crippen molar-refractivity contribution in [3.8, 4) is 0 Å². The Morgan fingerprint density at radius 2 is 2.04 bits per heavy atom. The number of hydrogen-bond acceptors (Lipinski definition) is 5. The van der Waals surface area contributed by atoms with E-state index in [9.17, 15) is 4.79 Å². The Morgan fingerprint density at radius 1 is 1.25 bits per heavy atom. The van der Waals surface area contributed by atoms with Crippen molar-refractivity contribution >= 4 is 17.5 Å². The number of ketones is 1. The first-order chi connectivity index (χ1) is 11.6. The van der Waals surface area contributed by atoms with Crippen LogP contribution in [-0.2, 0) is 6.42 Å². The lowest BCUT2D eigenvalue weighted by molar-refractivity contribution is 0.101. The Morgan fingerprint density at radius 3 is 2.75 bits per heavy atom. The van der Waals surface area contributed by atoms with Crippen LogP contribution in [0.15, 0.2) is 53.8 Å². The van der Waals surface area contributed by atoms with Crippen molar-refractivity contribution in [3.05, 3.63) is 65.7 Å². The Balaban J connectivity index is 1.62. The van der Waals surface area contributed by atoms with Gasteiger partial charge in [-0.25, -0.2) is 4.68 Å². The molecule has 2 aromatic heterocycles. The number of nitrogens with two attached hydrogens (primary N) is 1. The molecule has 24 heavy (non-hydrogen) atoms. The van der Waals surface area contributed by atoms with Crippen molar-refractivity contribution in [2.45, 2.75) is 24.4 Å². The second-order valence-electron chi connectivity index (χ2n) is 5.58. The van der Waals surface area contributed by atoms with Crippen LogP contribution in [0.5, 0.6) is 0 Å². The molecule has 0 radical (unpaired) electrons. The van der Waals surface area contributed by atoms with Gasteiger partial charge in [-0.05, 0) is 23.6 Å². The minimum atomic E-state index is 0.00667. The maximum atomic E-state index is 12.0. The van der Waals surface area contributed by atoms with Crippen LogP contribution in [0.3, 0.4) is 0 Å². The van der Waals surface area contributed by atoms with E-state index in [2.05, 4.69) is 34.2 Å². The predicted octanol–water partition coefficient (Wildman–Crippen LogP) is 2.64. The lowest BCUT2D eigenvalue weighted by Gasteiger charge is -2.11. The van der Waals surface area contributed by atoms with Gasteiger partial charge in [0.2, 0.25) is 5.16 Å². The number of carbonyl (C=O) groups excluding carboxylic acids is 1.